The molecule has 0 bridgehead atoms. The van der Waals surface area contributed by atoms with Crippen LogP contribution in [0.1, 0.15) is 12.8 Å². The Morgan fingerprint density at radius 2 is 2.23 bits per heavy atom. The molecule has 13 heavy (non-hydrogen) atoms. The lowest BCUT2D eigenvalue weighted by atomic mass is 10.3. The first kappa shape index (κ1) is 9.34. The summed E-state index contributed by atoms with van der Waals surface area (Å²) >= 11 is 1.74. The number of hydrogen-bond donors (Lipinski definition) is 0. The molecule has 4 heteroatoms. The van der Waals surface area contributed by atoms with E-state index in [4.69, 9.17) is 9.47 Å². The summed E-state index contributed by atoms with van der Waals surface area (Å²) in [5.41, 5.74) is 0. The van der Waals surface area contributed by atoms with E-state index in [2.05, 4.69) is 0 Å². The SMILES string of the molecule is COC(=O)C(SC1COC1)C1CC1. The van der Waals surface area contributed by atoms with Gasteiger partial charge in [-0.25, -0.2) is 0 Å². The lowest BCUT2D eigenvalue weighted by Crippen LogP contribution is -2.35. The zero-order valence-electron chi connectivity index (χ0n) is 7.69. The number of carbonyl (C=O) groups excluding carboxylic acids is 1. The summed E-state index contributed by atoms with van der Waals surface area (Å²) in [5.74, 6) is 0.512. The van der Waals surface area contributed by atoms with Gasteiger partial charge in [0.15, 0.2) is 0 Å². The molecule has 1 saturated heterocycles. The first-order chi connectivity index (χ1) is 6.31. The molecule has 0 radical (unpaired) electrons. The van der Waals surface area contributed by atoms with E-state index >= 15 is 0 Å². The van der Waals surface area contributed by atoms with E-state index in [9.17, 15) is 4.79 Å². The second-order valence-corrected chi connectivity index (χ2v) is 5.02. The number of ether oxygens (including phenoxy) is 2. The van der Waals surface area contributed by atoms with Crippen molar-refractivity contribution in [1.82, 2.24) is 0 Å². The summed E-state index contributed by atoms with van der Waals surface area (Å²) in [7, 11) is 1.47. The molecule has 0 amide bonds. The Morgan fingerprint density at radius 1 is 1.54 bits per heavy atom. The lowest BCUT2D eigenvalue weighted by molar-refractivity contribution is -0.140. The predicted octanol–water partition coefficient (Wildman–Crippen LogP) is 1.07. The lowest BCUT2D eigenvalue weighted by Gasteiger charge is -2.28. The van der Waals surface area contributed by atoms with Gasteiger partial charge in [0, 0.05) is 0 Å². The average molecular weight is 202 g/mol. The quantitative estimate of drug-likeness (QED) is 0.639. The number of hydrogen-bond acceptors (Lipinski definition) is 4. The minimum Gasteiger partial charge on any atom is -0.468 e. The molecule has 0 spiro atoms. The van der Waals surface area contributed by atoms with Gasteiger partial charge in [0.1, 0.15) is 5.25 Å². The molecule has 0 aromatic rings. The monoisotopic (exact) mass is 202 g/mol. The molecule has 0 aromatic heterocycles. The van der Waals surface area contributed by atoms with Gasteiger partial charge in [-0.1, -0.05) is 0 Å². The number of esters is 1. The maximum atomic E-state index is 11.4. The Bertz CT molecular complexity index is 199. The van der Waals surface area contributed by atoms with Crippen molar-refractivity contribution in [2.24, 2.45) is 5.92 Å². The van der Waals surface area contributed by atoms with E-state index in [1.165, 1.54) is 20.0 Å². The fraction of sp³-hybridized carbons (Fsp3) is 0.889. The van der Waals surface area contributed by atoms with Crippen LogP contribution < -0.4 is 0 Å². The highest BCUT2D eigenvalue weighted by atomic mass is 32.2. The van der Waals surface area contributed by atoms with Crippen LogP contribution in [0.5, 0.6) is 0 Å². The van der Waals surface area contributed by atoms with Crippen molar-refractivity contribution in [3.63, 3.8) is 0 Å². The second kappa shape index (κ2) is 3.88. The Morgan fingerprint density at radius 3 is 2.62 bits per heavy atom. The molecular weight excluding hydrogens is 188 g/mol. The van der Waals surface area contributed by atoms with Crippen molar-refractivity contribution in [3.8, 4) is 0 Å². The molecule has 2 rings (SSSR count). The minimum atomic E-state index is -0.0561. The van der Waals surface area contributed by atoms with E-state index in [1.54, 1.807) is 11.8 Å². The Hall–Kier alpha value is -0.220. The van der Waals surface area contributed by atoms with Gasteiger partial charge >= 0.3 is 5.97 Å². The molecule has 0 N–H and O–H groups in total. The Kier molecular flexibility index (Phi) is 2.79. The van der Waals surface area contributed by atoms with Gasteiger partial charge < -0.3 is 9.47 Å². The van der Waals surface area contributed by atoms with Gasteiger partial charge in [-0.05, 0) is 18.8 Å². The van der Waals surface area contributed by atoms with Crippen molar-refractivity contribution in [2.45, 2.75) is 23.3 Å². The molecule has 3 nitrogen and oxygen atoms in total. The van der Waals surface area contributed by atoms with Crippen molar-refractivity contribution in [1.29, 1.82) is 0 Å². The maximum absolute atomic E-state index is 11.4. The largest absolute Gasteiger partial charge is 0.468 e. The molecular formula is C9H14O3S. The van der Waals surface area contributed by atoms with Crippen molar-refractivity contribution >= 4 is 17.7 Å². The normalized spacial score (nSPS) is 25.0. The zero-order chi connectivity index (χ0) is 9.26. The number of carbonyl (C=O) groups is 1. The number of methoxy groups -OCH3 is 1. The van der Waals surface area contributed by atoms with Gasteiger partial charge in [-0.3, -0.25) is 4.79 Å². The summed E-state index contributed by atoms with van der Waals surface area (Å²) in [6.07, 6.45) is 2.36. The van der Waals surface area contributed by atoms with Crippen LogP contribution in [0.25, 0.3) is 0 Å². The third-order valence-corrected chi connectivity index (χ3v) is 3.96. The van der Waals surface area contributed by atoms with E-state index in [0.717, 1.165) is 13.2 Å². The maximum Gasteiger partial charge on any atom is 0.319 e. The van der Waals surface area contributed by atoms with E-state index in [1.807, 2.05) is 0 Å². The average Bonchev–Trinajstić information content (AvgIpc) is 2.85. The second-order valence-electron chi connectivity index (χ2n) is 3.58. The number of thioether (sulfide) groups is 1. The van der Waals surface area contributed by atoms with Crippen LogP contribution >= 0.6 is 11.8 Å². The van der Waals surface area contributed by atoms with Crippen LogP contribution in [-0.4, -0.2) is 36.8 Å². The van der Waals surface area contributed by atoms with Gasteiger partial charge in [0.2, 0.25) is 0 Å². The van der Waals surface area contributed by atoms with Gasteiger partial charge in [0.25, 0.3) is 0 Å². The Balaban J connectivity index is 1.84. The Labute approximate surface area is 82.2 Å². The molecule has 74 valence electrons. The molecule has 2 fully saturated rings. The van der Waals surface area contributed by atoms with Crippen molar-refractivity contribution in [2.75, 3.05) is 20.3 Å². The van der Waals surface area contributed by atoms with Crippen molar-refractivity contribution < 1.29 is 14.3 Å². The van der Waals surface area contributed by atoms with Crippen LogP contribution in [-0.2, 0) is 14.3 Å². The zero-order valence-corrected chi connectivity index (χ0v) is 8.51. The van der Waals surface area contributed by atoms with Gasteiger partial charge in [-0.15, -0.1) is 11.8 Å². The highest BCUT2D eigenvalue weighted by Gasteiger charge is 2.40. The summed E-state index contributed by atoms with van der Waals surface area (Å²) in [6, 6.07) is 0. The van der Waals surface area contributed by atoms with Crippen molar-refractivity contribution in [3.05, 3.63) is 0 Å². The molecule has 1 aliphatic heterocycles. The highest BCUT2D eigenvalue weighted by molar-refractivity contribution is 8.01. The highest BCUT2D eigenvalue weighted by Crippen LogP contribution is 2.42. The molecule has 1 heterocycles. The summed E-state index contributed by atoms with van der Waals surface area (Å²) in [4.78, 5) is 11.4. The predicted molar refractivity (Wildman–Crippen MR) is 50.7 cm³/mol. The van der Waals surface area contributed by atoms with E-state index in [-0.39, 0.29) is 11.2 Å². The number of rotatable bonds is 4. The topological polar surface area (TPSA) is 35.5 Å². The standard InChI is InChI=1S/C9H14O3S/c1-11-9(10)8(6-2-3-6)13-7-4-12-5-7/h6-8H,2-5H2,1H3. The molecule has 1 atom stereocenters. The summed E-state index contributed by atoms with van der Waals surface area (Å²) in [5, 5.41) is 0.587. The summed E-state index contributed by atoms with van der Waals surface area (Å²) < 4.78 is 9.86. The van der Waals surface area contributed by atoms with Gasteiger partial charge in [0.05, 0.1) is 25.6 Å². The van der Waals surface area contributed by atoms with Crippen LogP contribution in [0, 0.1) is 5.92 Å². The fourth-order valence-electron chi connectivity index (χ4n) is 1.37. The fourth-order valence-corrected chi connectivity index (χ4v) is 2.84. The van der Waals surface area contributed by atoms with Crippen LogP contribution in [0.4, 0.5) is 0 Å². The molecule has 2 aliphatic rings. The third-order valence-electron chi connectivity index (χ3n) is 2.43. The van der Waals surface area contributed by atoms with Crippen LogP contribution in [0.2, 0.25) is 0 Å². The minimum absolute atomic E-state index is 0.0561. The van der Waals surface area contributed by atoms with Gasteiger partial charge in [-0.2, -0.15) is 0 Å². The summed E-state index contributed by atoms with van der Waals surface area (Å²) in [6.45, 7) is 1.59. The van der Waals surface area contributed by atoms with Crippen LogP contribution in [0.15, 0.2) is 0 Å². The first-order valence-corrected chi connectivity index (χ1v) is 5.56. The molecule has 0 aromatic carbocycles. The molecule has 1 saturated carbocycles. The van der Waals surface area contributed by atoms with Crippen LogP contribution in [0.3, 0.4) is 0 Å². The van der Waals surface area contributed by atoms with E-state index < -0.39 is 0 Å². The van der Waals surface area contributed by atoms with E-state index in [0.29, 0.717) is 11.2 Å². The molecule has 1 aliphatic carbocycles. The third kappa shape index (κ3) is 2.17. The first-order valence-electron chi connectivity index (χ1n) is 4.62. The smallest absolute Gasteiger partial charge is 0.319 e. The molecule has 1 unspecified atom stereocenters.